The number of guanidine groups is 1. The Kier molecular flexibility index (Phi) is 5.41. The van der Waals surface area contributed by atoms with Gasteiger partial charge in [-0.25, -0.2) is 4.98 Å². The molecule has 2 rings (SSSR count). The maximum atomic E-state index is 5.55. The maximum absolute atomic E-state index is 5.55. The Bertz CT molecular complexity index is 648. The van der Waals surface area contributed by atoms with Crippen LogP contribution in [0.4, 0.5) is 0 Å². The molecule has 7 heteroatoms. The monoisotopic (exact) mass is 319 g/mol. The number of rotatable bonds is 5. The molecule has 126 valence electrons. The van der Waals surface area contributed by atoms with Crippen molar-refractivity contribution in [2.24, 2.45) is 4.99 Å². The van der Waals surface area contributed by atoms with Crippen LogP contribution in [-0.4, -0.2) is 29.7 Å². The van der Waals surface area contributed by atoms with Crippen molar-refractivity contribution in [2.75, 3.05) is 13.6 Å². The molecule has 0 amide bonds. The van der Waals surface area contributed by atoms with Gasteiger partial charge in [-0.2, -0.15) is 0 Å². The molecule has 0 aliphatic carbocycles. The average Bonchev–Trinajstić information content (AvgIpc) is 3.01. The zero-order valence-corrected chi connectivity index (χ0v) is 14.6. The molecule has 0 radical (unpaired) electrons. The highest BCUT2D eigenvalue weighted by atomic mass is 16.5. The summed E-state index contributed by atoms with van der Waals surface area (Å²) in [5.41, 5.74) is 2.99. The lowest BCUT2D eigenvalue weighted by molar-refractivity contribution is 0.391. The van der Waals surface area contributed by atoms with Crippen molar-refractivity contribution in [2.45, 2.75) is 47.1 Å². The molecule has 1 unspecified atom stereocenters. The summed E-state index contributed by atoms with van der Waals surface area (Å²) in [5, 5.41) is 10.5. The fraction of sp³-hybridized carbons (Fsp3) is 0.562. The van der Waals surface area contributed by atoms with Crippen LogP contribution in [0.2, 0.25) is 0 Å². The highest BCUT2D eigenvalue weighted by Gasteiger charge is 2.16. The largest absolute Gasteiger partial charge is 0.444 e. The SMILES string of the molecule is CN=C(NCc1nc(C)c(C)o1)NCC(C)c1c(C)noc1C. The molecule has 0 bridgehead atoms. The highest BCUT2D eigenvalue weighted by molar-refractivity contribution is 5.79. The lowest BCUT2D eigenvalue weighted by atomic mass is 10.00. The van der Waals surface area contributed by atoms with Gasteiger partial charge in [-0.05, 0) is 27.7 Å². The number of hydrogen-bond donors (Lipinski definition) is 2. The van der Waals surface area contributed by atoms with Gasteiger partial charge in [0.15, 0.2) is 5.96 Å². The second-order valence-corrected chi connectivity index (χ2v) is 5.69. The second kappa shape index (κ2) is 7.30. The molecule has 0 spiro atoms. The van der Waals surface area contributed by atoms with Crippen LogP contribution < -0.4 is 10.6 Å². The number of aliphatic imine (C=N–C) groups is 1. The molecular weight excluding hydrogens is 294 g/mol. The number of oxazole rings is 1. The second-order valence-electron chi connectivity index (χ2n) is 5.69. The van der Waals surface area contributed by atoms with Crippen LogP contribution in [-0.2, 0) is 6.54 Å². The minimum absolute atomic E-state index is 0.269. The number of hydrogen-bond acceptors (Lipinski definition) is 5. The fourth-order valence-electron chi connectivity index (χ4n) is 2.54. The van der Waals surface area contributed by atoms with Gasteiger partial charge >= 0.3 is 0 Å². The summed E-state index contributed by atoms with van der Waals surface area (Å²) in [6, 6.07) is 0. The summed E-state index contributed by atoms with van der Waals surface area (Å²) in [4.78, 5) is 8.56. The quantitative estimate of drug-likeness (QED) is 0.650. The summed E-state index contributed by atoms with van der Waals surface area (Å²) in [7, 11) is 1.74. The average molecular weight is 319 g/mol. The predicted molar refractivity (Wildman–Crippen MR) is 88.6 cm³/mol. The van der Waals surface area contributed by atoms with Crippen molar-refractivity contribution in [3.63, 3.8) is 0 Å². The van der Waals surface area contributed by atoms with Gasteiger partial charge in [0, 0.05) is 25.1 Å². The molecule has 1 atom stereocenters. The van der Waals surface area contributed by atoms with Crippen LogP contribution in [0.1, 0.15) is 47.2 Å². The fourth-order valence-corrected chi connectivity index (χ4v) is 2.54. The van der Waals surface area contributed by atoms with E-state index < -0.39 is 0 Å². The third-order valence-electron chi connectivity index (χ3n) is 3.86. The topological polar surface area (TPSA) is 88.5 Å². The first kappa shape index (κ1) is 17.1. The van der Waals surface area contributed by atoms with E-state index in [4.69, 9.17) is 8.94 Å². The van der Waals surface area contributed by atoms with Crippen molar-refractivity contribution in [1.29, 1.82) is 0 Å². The Morgan fingerprint density at radius 1 is 1.13 bits per heavy atom. The molecule has 0 saturated carbocycles. The van der Waals surface area contributed by atoms with Crippen molar-refractivity contribution in [1.82, 2.24) is 20.8 Å². The van der Waals surface area contributed by atoms with E-state index in [1.807, 2.05) is 27.7 Å². The summed E-state index contributed by atoms with van der Waals surface area (Å²) < 4.78 is 10.8. The molecule has 0 fully saturated rings. The van der Waals surface area contributed by atoms with Gasteiger partial charge in [-0.3, -0.25) is 4.99 Å². The van der Waals surface area contributed by atoms with Gasteiger partial charge in [-0.15, -0.1) is 0 Å². The number of aromatic nitrogens is 2. The van der Waals surface area contributed by atoms with E-state index >= 15 is 0 Å². The van der Waals surface area contributed by atoms with E-state index in [2.05, 4.69) is 32.7 Å². The molecule has 0 aliphatic heterocycles. The Morgan fingerprint density at radius 2 is 1.87 bits per heavy atom. The lowest BCUT2D eigenvalue weighted by Crippen LogP contribution is -2.38. The van der Waals surface area contributed by atoms with Crippen LogP contribution >= 0.6 is 0 Å². The first-order chi connectivity index (χ1) is 10.9. The van der Waals surface area contributed by atoms with E-state index in [0.717, 1.165) is 35.0 Å². The summed E-state index contributed by atoms with van der Waals surface area (Å²) in [5.74, 6) is 3.34. The Hall–Kier alpha value is -2.31. The van der Waals surface area contributed by atoms with E-state index in [1.165, 1.54) is 0 Å². The standard InChI is InChI=1S/C16H25N5O2/c1-9(15-11(3)21-23-13(15)5)7-18-16(17-6)19-8-14-20-10(2)12(4)22-14/h9H,7-8H2,1-6H3,(H2,17,18,19). The summed E-state index contributed by atoms with van der Waals surface area (Å²) in [6.45, 7) is 11.1. The minimum Gasteiger partial charge on any atom is -0.444 e. The van der Waals surface area contributed by atoms with Gasteiger partial charge < -0.3 is 19.6 Å². The van der Waals surface area contributed by atoms with E-state index in [-0.39, 0.29) is 5.92 Å². The van der Waals surface area contributed by atoms with Crippen molar-refractivity contribution in [3.8, 4) is 0 Å². The molecule has 0 saturated heterocycles. The van der Waals surface area contributed by atoms with Gasteiger partial charge in [0.2, 0.25) is 5.89 Å². The molecule has 2 aromatic rings. The summed E-state index contributed by atoms with van der Waals surface area (Å²) in [6.07, 6.45) is 0. The normalized spacial score (nSPS) is 13.2. The van der Waals surface area contributed by atoms with Crippen molar-refractivity contribution < 1.29 is 8.94 Å². The zero-order chi connectivity index (χ0) is 17.0. The van der Waals surface area contributed by atoms with Gasteiger partial charge in [-0.1, -0.05) is 12.1 Å². The van der Waals surface area contributed by atoms with E-state index in [0.29, 0.717) is 18.4 Å². The van der Waals surface area contributed by atoms with Gasteiger partial charge in [0.1, 0.15) is 11.5 Å². The molecule has 23 heavy (non-hydrogen) atoms. The third-order valence-corrected chi connectivity index (χ3v) is 3.86. The molecule has 2 heterocycles. The first-order valence-corrected chi connectivity index (χ1v) is 7.72. The van der Waals surface area contributed by atoms with Crippen molar-refractivity contribution in [3.05, 3.63) is 34.4 Å². The molecular formula is C16H25N5O2. The van der Waals surface area contributed by atoms with Crippen LogP contribution in [0, 0.1) is 27.7 Å². The van der Waals surface area contributed by atoms with E-state index in [1.54, 1.807) is 7.05 Å². The highest BCUT2D eigenvalue weighted by Crippen LogP contribution is 2.22. The minimum atomic E-state index is 0.269. The number of aryl methyl sites for hydroxylation is 4. The number of nitrogens with one attached hydrogen (secondary N) is 2. The molecule has 2 aromatic heterocycles. The summed E-state index contributed by atoms with van der Waals surface area (Å²) >= 11 is 0. The van der Waals surface area contributed by atoms with Crippen LogP contribution in [0.5, 0.6) is 0 Å². The molecule has 0 aliphatic rings. The first-order valence-electron chi connectivity index (χ1n) is 7.72. The van der Waals surface area contributed by atoms with Gasteiger partial charge in [0.05, 0.1) is 17.9 Å². The van der Waals surface area contributed by atoms with Gasteiger partial charge in [0.25, 0.3) is 0 Å². The third kappa shape index (κ3) is 4.12. The lowest BCUT2D eigenvalue weighted by Gasteiger charge is -2.15. The van der Waals surface area contributed by atoms with Crippen LogP contribution in [0.15, 0.2) is 13.9 Å². The van der Waals surface area contributed by atoms with Crippen LogP contribution in [0.3, 0.4) is 0 Å². The Labute approximate surface area is 136 Å². The molecule has 7 nitrogen and oxygen atoms in total. The zero-order valence-electron chi connectivity index (χ0n) is 14.6. The Morgan fingerprint density at radius 3 is 2.39 bits per heavy atom. The van der Waals surface area contributed by atoms with E-state index in [9.17, 15) is 0 Å². The molecule has 0 aromatic carbocycles. The molecule has 2 N–H and O–H groups in total. The predicted octanol–water partition coefficient (Wildman–Crippen LogP) is 2.36. The van der Waals surface area contributed by atoms with Crippen LogP contribution in [0.25, 0.3) is 0 Å². The smallest absolute Gasteiger partial charge is 0.214 e. The maximum Gasteiger partial charge on any atom is 0.214 e. The number of nitrogens with zero attached hydrogens (tertiary/aromatic N) is 3. The van der Waals surface area contributed by atoms with Crippen molar-refractivity contribution >= 4 is 5.96 Å². The Balaban J connectivity index is 1.88.